The Bertz CT molecular complexity index is 610. The van der Waals surface area contributed by atoms with Crippen LogP contribution >= 0.6 is 0 Å². The largest absolute Gasteiger partial charge is 0.489 e. The number of carbonyl (C=O) groups excluding carboxylic acids is 1. The molecule has 0 saturated carbocycles. The van der Waals surface area contributed by atoms with Gasteiger partial charge in [-0.05, 0) is 30.2 Å². The Labute approximate surface area is 137 Å². The Morgan fingerprint density at radius 2 is 1.87 bits per heavy atom. The zero-order chi connectivity index (χ0) is 16.5. The van der Waals surface area contributed by atoms with Crippen molar-refractivity contribution < 1.29 is 19.0 Å². The average Bonchev–Trinajstić information content (AvgIpc) is 2.59. The molecule has 2 aromatic carbocycles. The minimum Gasteiger partial charge on any atom is -0.489 e. The van der Waals surface area contributed by atoms with Crippen molar-refractivity contribution >= 4 is 5.97 Å². The second-order valence-electron chi connectivity index (χ2n) is 5.08. The van der Waals surface area contributed by atoms with Crippen molar-refractivity contribution in [3.05, 3.63) is 65.7 Å². The van der Waals surface area contributed by atoms with Gasteiger partial charge in [0.05, 0.1) is 19.1 Å². The molecule has 0 aromatic heterocycles. The first-order valence-corrected chi connectivity index (χ1v) is 7.68. The van der Waals surface area contributed by atoms with E-state index in [1.54, 1.807) is 14.0 Å². The molecule has 0 aliphatic heterocycles. The molecule has 4 heteroatoms. The molecule has 0 aliphatic carbocycles. The molecular weight excluding hydrogens is 292 g/mol. The standard InChI is InChI=1S/C19H22O4/c1-3-22-19(20)13-18(21-2)16-10-7-11-17(12-16)23-14-15-8-5-4-6-9-15/h4-12,18H,3,13-14H2,1-2H3/t18-/m0/s1. The van der Waals surface area contributed by atoms with Crippen LogP contribution < -0.4 is 4.74 Å². The summed E-state index contributed by atoms with van der Waals surface area (Å²) < 4.78 is 16.2. The van der Waals surface area contributed by atoms with Gasteiger partial charge in [0.15, 0.2) is 0 Å². The maximum atomic E-state index is 11.6. The van der Waals surface area contributed by atoms with Crippen LogP contribution in [0.4, 0.5) is 0 Å². The fourth-order valence-corrected chi connectivity index (χ4v) is 2.25. The second-order valence-corrected chi connectivity index (χ2v) is 5.08. The lowest BCUT2D eigenvalue weighted by molar-refractivity contribution is -0.146. The summed E-state index contributed by atoms with van der Waals surface area (Å²) >= 11 is 0. The highest BCUT2D eigenvalue weighted by atomic mass is 16.5. The predicted molar refractivity (Wildman–Crippen MR) is 88.2 cm³/mol. The van der Waals surface area contributed by atoms with Gasteiger partial charge >= 0.3 is 5.97 Å². The number of hydrogen-bond acceptors (Lipinski definition) is 4. The molecule has 0 amide bonds. The molecular formula is C19H22O4. The second kappa shape index (κ2) is 8.96. The summed E-state index contributed by atoms with van der Waals surface area (Å²) in [4.78, 5) is 11.6. The van der Waals surface area contributed by atoms with Gasteiger partial charge in [-0.15, -0.1) is 0 Å². The number of carbonyl (C=O) groups is 1. The monoisotopic (exact) mass is 314 g/mol. The van der Waals surface area contributed by atoms with Crippen LogP contribution in [-0.4, -0.2) is 19.7 Å². The highest BCUT2D eigenvalue weighted by Gasteiger charge is 2.16. The normalized spacial score (nSPS) is 11.7. The quantitative estimate of drug-likeness (QED) is 0.693. The van der Waals surface area contributed by atoms with Gasteiger partial charge in [0.2, 0.25) is 0 Å². The van der Waals surface area contributed by atoms with Crippen molar-refractivity contribution in [2.24, 2.45) is 0 Å². The Hall–Kier alpha value is -2.33. The van der Waals surface area contributed by atoms with Gasteiger partial charge in [0, 0.05) is 7.11 Å². The van der Waals surface area contributed by atoms with Gasteiger partial charge in [-0.2, -0.15) is 0 Å². The lowest BCUT2D eigenvalue weighted by Crippen LogP contribution is -2.12. The average molecular weight is 314 g/mol. The molecule has 0 unspecified atom stereocenters. The van der Waals surface area contributed by atoms with Crippen LogP contribution in [0.15, 0.2) is 54.6 Å². The lowest BCUT2D eigenvalue weighted by atomic mass is 10.1. The summed E-state index contributed by atoms with van der Waals surface area (Å²) in [5.41, 5.74) is 2.00. The van der Waals surface area contributed by atoms with E-state index in [4.69, 9.17) is 14.2 Å². The maximum Gasteiger partial charge on any atom is 0.308 e. The fraction of sp³-hybridized carbons (Fsp3) is 0.316. The lowest BCUT2D eigenvalue weighted by Gasteiger charge is -2.16. The summed E-state index contributed by atoms with van der Waals surface area (Å²) in [6, 6.07) is 17.6. The van der Waals surface area contributed by atoms with Crippen LogP contribution in [0, 0.1) is 0 Å². The third-order valence-electron chi connectivity index (χ3n) is 3.42. The first-order valence-electron chi connectivity index (χ1n) is 7.68. The topological polar surface area (TPSA) is 44.8 Å². The molecule has 2 rings (SSSR count). The van der Waals surface area contributed by atoms with Crippen molar-refractivity contribution in [3.8, 4) is 5.75 Å². The third-order valence-corrected chi connectivity index (χ3v) is 3.42. The molecule has 1 atom stereocenters. The van der Waals surface area contributed by atoms with Crippen molar-refractivity contribution in [1.29, 1.82) is 0 Å². The van der Waals surface area contributed by atoms with Crippen molar-refractivity contribution in [1.82, 2.24) is 0 Å². The summed E-state index contributed by atoms with van der Waals surface area (Å²) in [5.74, 6) is 0.479. The smallest absolute Gasteiger partial charge is 0.308 e. The van der Waals surface area contributed by atoms with Gasteiger partial charge in [-0.1, -0.05) is 42.5 Å². The van der Waals surface area contributed by atoms with Crippen LogP contribution in [-0.2, 0) is 20.9 Å². The first-order chi connectivity index (χ1) is 11.2. The van der Waals surface area contributed by atoms with Crippen LogP contribution in [0.25, 0.3) is 0 Å². The van der Waals surface area contributed by atoms with Crippen LogP contribution in [0.1, 0.15) is 30.6 Å². The van der Waals surface area contributed by atoms with Crippen LogP contribution in [0.2, 0.25) is 0 Å². The molecule has 0 bridgehead atoms. The number of esters is 1. The summed E-state index contributed by atoms with van der Waals surface area (Å²) in [7, 11) is 1.58. The molecule has 0 N–H and O–H groups in total. The van der Waals surface area contributed by atoms with Gasteiger partial charge in [0.1, 0.15) is 12.4 Å². The van der Waals surface area contributed by atoms with E-state index in [1.165, 1.54) is 0 Å². The van der Waals surface area contributed by atoms with Gasteiger partial charge in [0.25, 0.3) is 0 Å². The Morgan fingerprint density at radius 1 is 1.09 bits per heavy atom. The predicted octanol–water partition coefficient (Wildman–Crippen LogP) is 3.91. The molecule has 122 valence electrons. The van der Waals surface area contributed by atoms with Gasteiger partial charge in [-0.3, -0.25) is 4.79 Å². The van der Waals surface area contributed by atoms with E-state index in [1.807, 2.05) is 54.6 Å². The number of benzene rings is 2. The summed E-state index contributed by atoms with van der Waals surface area (Å²) in [6.07, 6.45) is -0.152. The zero-order valence-corrected chi connectivity index (χ0v) is 13.5. The van der Waals surface area contributed by atoms with Gasteiger partial charge in [-0.25, -0.2) is 0 Å². The van der Waals surface area contributed by atoms with Crippen molar-refractivity contribution in [2.75, 3.05) is 13.7 Å². The van der Waals surface area contributed by atoms with E-state index in [-0.39, 0.29) is 18.5 Å². The van der Waals surface area contributed by atoms with E-state index in [0.717, 1.165) is 16.9 Å². The SMILES string of the molecule is CCOC(=O)C[C@H](OC)c1cccc(OCc2ccccc2)c1. The molecule has 0 aliphatic rings. The Morgan fingerprint density at radius 3 is 2.57 bits per heavy atom. The fourth-order valence-electron chi connectivity index (χ4n) is 2.25. The number of hydrogen-bond donors (Lipinski definition) is 0. The van der Waals surface area contributed by atoms with Crippen molar-refractivity contribution in [2.45, 2.75) is 26.1 Å². The van der Waals surface area contributed by atoms with E-state index in [2.05, 4.69) is 0 Å². The molecule has 23 heavy (non-hydrogen) atoms. The Balaban J connectivity index is 2.01. The van der Waals surface area contributed by atoms with E-state index in [0.29, 0.717) is 13.2 Å². The van der Waals surface area contributed by atoms with E-state index < -0.39 is 0 Å². The molecule has 2 aromatic rings. The van der Waals surface area contributed by atoms with Crippen LogP contribution in [0.3, 0.4) is 0 Å². The minimum absolute atomic E-state index is 0.187. The molecule has 0 saturated heterocycles. The Kier molecular flexibility index (Phi) is 6.63. The zero-order valence-electron chi connectivity index (χ0n) is 13.5. The number of methoxy groups -OCH3 is 1. The van der Waals surface area contributed by atoms with Crippen LogP contribution in [0.5, 0.6) is 5.75 Å². The van der Waals surface area contributed by atoms with E-state index in [9.17, 15) is 4.79 Å². The summed E-state index contributed by atoms with van der Waals surface area (Å²) in [6.45, 7) is 2.66. The molecule has 0 spiro atoms. The minimum atomic E-state index is -0.339. The molecule has 0 fully saturated rings. The highest BCUT2D eigenvalue weighted by Crippen LogP contribution is 2.25. The number of rotatable bonds is 8. The number of ether oxygens (including phenoxy) is 3. The van der Waals surface area contributed by atoms with Gasteiger partial charge < -0.3 is 14.2 Å². The first kappa shape index (κ1) is 17.0. The molecule has 4 nitrogen and oxygen atoms in total. The van der Waals surface area contributed by atoms with E-state index >= 15 is 0 Å². The third kappa shape index (κ3) is 5.42. The highest BCUT2D eigenvalue weighted by molar-refractivity contribution is 5.70. The summed E-state index contributed by atoms with van der Waals surface area (Å²) in [5, 5.41) is 0. The molecule has 0 heterocycles. The van der Waals surface area contributed by atoms with Crippen molar-refractivity contribution in [3.63, 3.8) is 0 Å². The molecule has 0 radical (unpaired) electrons. The maximum absolute atomic E-state index is 11.6.